The van der Waals surface area contributed by atoms with Gasteiger partial charge in [-0.1, -0.05) is 24.0 Å². The molecule has 1 aromatic carbocycles. The number of benzene rings is 1. The zero-order valence-electron chi connectivity index (χ0n) is 16.0. The van der Waals surface area contributed by atoms with E-state index in [2.05, 4.69) is 31.8 Å². The van der Waals surface area contributed by atoms with E-state index >= 15 is 0 Å². The van der Waals surface area contributed by atoms with Crippen LogP contribution < -0.4 is 5.73 Å². The van der Waals surface area contributed by atoms with Crippen LogP contribution in [0.2, 0.25) is 0 Å². The minimum absolute atomic E-state index is 0.0860. The maximum atomic E-state index is 12.0. The van der Waals surface area contributed by atoms with Crippen LogP contribution in [0.25, 0.3) is 22.4 Å². The molecule has 0 spiro atoms. The van der Waals surface area contributed by atoms with Gasteiger partial charge in [0.05, 0.1) is 5.69 Å². The summed E-state index contributed by atoms with van der Waals surface area (Å²) in [6.45, 7) is 4.43. The lowest BCUT2D eigenvalue weighted by molar-refractivity contribution is -0.128. The number of carbonyl (C=O) groups is 1. The number of hydrogen-bond donors (Lipinski definition) is 1. The van der Waals surface area contributed by atoms with Crippen molar-refractivity contribution in [2.24, 2.45) is 5.92 Å². The van der Waals surface area contributed by atoms with Crippen molar-refractivity contribution in [1.82, 2.24) is 24.8 Å². The van der Waals surface area contributed by atoms with Crippen LogP contribution in [-0.2, 0) is 4.79 Å². The zero-order chi connectivity index (χ0) is 19.8. The summed E-state index contributed by atoms with van der Waals surface area (Å²) in [6, 6.07) is 7.65. The maximum absolute atomic E-state index is 12.0. The number of likely N-dealkylation sites (tertiary alicyclic amines) is 1. The number of anilines is 1. The quantitative estimate of drug-likeness (QED) is 0.657. The molecule has 1 atom stereocenters. The maximum Gasteiger partial charge on any atom is 0.237 e. The smallest absolute Gasteiger partial charge is 0.237 e. The number of hydrogen-bond acceptors (Lipinski definition) is 6. The van der Waals surface area contributed by atoms with Crippen molar-refractivity contribution in [3.05, 3.63) is 41.3 Å². The molecule has 0 aliphatic carbocycles. The van der Waals surface area contributed by atoms with Gasteiger partial charge in [0.25, 0.3) is 0 Å². The lowest BCUT2D eigenvalue weighted by atomic mass is 10.1. The Morgan fingerprint density at radius 1 is 1.14 bits per heavy atom. The van der Waals surface area contributed by atoms with E-state index in [0.29, 0.717) is 28.5 Å². The molecule has 1 aliphatic heterocycles. The summed E-state index contributed by atoms with van der Waals surface area (Å²) in [6.07, 6.45) is 0.772. The summed E-state index contributed by atoms with van der Waals surface area (Å²) in [5.74, 6) is 7.54. The highest BCUT2D eigenvalue weighted by molar-refractivity contribution is 5.87. The largest absolute Gasteiger partial charge is 0.382 e. The van der Waals surface area contributed by atoms with Crippen molar-refractivity contribution in [2.75, 3.05) is 19.3 Å². The first kappa shape index (κ1) is 17.9. The van der Waals surface area contributed by atoms with Crippen LogP contribution in [0.15, 0.2) is 24.3 Å². The van der Waals surface area contributed by atoms with E-state index in [1.807, 2.05) is 31.2 Å². The van der Waals surface area contributed by atoms with Gasteiger partial charge in [-0.05, 0) is 32.4 Å². The highest BCUT2D eigenvalue weighted by atomic mass is 16.2. The summed E-state index contributed by atoms with van der Waals surface area (Å²) in [5.41, 5.74) is 9.63. The first-order valence-corrected chi connectivity index (χ1v) is 9.08. The third kappa shape index (κ3) is 3.25. The van der Waals surface area contributed by atoms with Crippen molar-refractivity contribution in [3.8, 4) is 23.2 Å². The Morgan fingerprint density at radius 3 is 2.71 bits per heavy atom. The number of carbonyl (C=O) groups excluding carboxylic acids is 1. The number of rotatable bonds is 1. The molecule has 1 fully saturated rings. The number of aromatic nitrogens is 4. The van der Waals surface area contributed by atoms with Gasteiger partial charge in [0.2, 0.25) is 5.91 Å². The van der Waals surface area contributed by atoms with Crippen molar-refractivity contribution in [1.29, 1.82) is 0 Å². The normalized spacial score (nSPS) is 16.3. The summed E-state index contributed by atoms with van der Waals surface area (Å²) >= 11 is 0. The Labute approximate surface area is 163 Å². The zero-order valence-corrected chi connectivity index (χ0v) is 16.0. The predicted octanol–water partition coefficient (Wildman–Crippen LogP) is 2.12. The molecule has 3 heterocycles. The average molecular weight is 372 g/mol. The molecule has 3 aromatic rings. The van der Waals surface area contributed by atoms with Crippen LogP contribution in [0.1, 0.15) is 23.5 Å². The minimum Gasteiger partial charge on any atom is -0.382 e. The first-order chi connectivity index (χ1) is 13.4. The number of nitrogens with zero attached hydrogens (tertiary/aromatic N) is 5. The highest BCUT2D eigenvalue weighted by Gasteiger charge is 2.27. The monoisotopic (exact) mass is 372 g/mol. The third-order valence-electron chi connectivity index (χ3n) is 4.80. The Morgan fingerprint density at radius 2 is 1.96 bits per heavy atom. The second kappa shape index (κ2) is 6.89. The van der Waals surface area contributed by atoms with Gasteiger partial charge < -0.3 is 10.6 Å². The van der Waals surface area contributed by atoms with Crippen LogP contribution in [0, 0.1) is 31.6 Å². The molecule has 4 rings (SSSR count). The molecule has 0 unspecified atom stereocenters. The number of amides is 1. The molecule has 140 valence electrons. The van der Waals surface area contributed by atoms with Gasteiger partial charge >= 0.3 is 0 Å². The topological polar surface area (TPSA) is 97.9 Å². The van der Waals surface area contributed by atoms with Crippen molar-refractivity contribution in [2.45, 2.75) is 20.3 Å². The van der Waals surface area contributed by atoms with E-state index in [-0.39, 0.29) is 11.8 Å². The standard InChI is InChI=1S/C21H20N6O/c1-12-17-18(19(22)25-13(2)24-17)26-20(23-12)16-6-4-5-14(11-16)7-8-15-9-10-27(3)21(15)28/h4-6,11,15H,9-10H2,1-3H3,(H2,22,24,25)/t15-/m1/s1. The van der Waals surface area contributed by atoms with E-state index in [0.717, 1.165) is 29.8 Å². The number of aryl methyl sites for hydroxylation is 2. The fraction of sp³-hybridized carbons (Fsp3) is 0.286. The Bertz CT molecular complexity index is 1160. The lowest BCUT2D eigenvalue weighted by Gasteiger charge is -2.08. The van der Waals surface area contributed by atoms with Crippen molar-refractivity contribution >= 4 is 22.8 Å². The second-order valence-electron chi connectivity index (χ2n) is 6.94. The summed E-state index contributed by atoms with van der Waals surface area (Å²) in [7, 11) is 1.81. The van der Waals surface area contributed by atoms with Gasteiger partial charge in [-0.15, -0.1) is 0 Å². The van der Waals surface area contributed by atoms with Gasteiger partial charge in [0.1, 0.15) is 22.8 Å². The van der Waals surface area contributed by atoms with Gasteiger partial charge in [0.15, 0.2) is 11.6 Å². The molecular formula is C21H20N6O. The Hall–Kier alpha value is -3.53. The molecule has 1 aliphatic rings. The number of fused-ring (bicyclic) bond motifs is 1. The molecule has 2 N–H and O–H groups in total. The van der Waals surface area contributed by atoms with Crippen LogP contribution in [-0.4, -0.2) is 44.3 Å². The Balaban J connectivity index is 1.71. The molecule has 1 saturated heterocycles. The van der Waals surface area contributed by atoms with Crippen LogP contribution in [0.3, 0.4) is 0 Å². The van der Waals surface area contributed by atoms with Crippen molar-refractivity contribution in [3.63, 3.8) is 0 Å². The number of nitrogen functional groups attached to an aromatic ring is 1. The molecule has 0 saturated carbocycles. The van der Waals surface area contributed by atoms with Gasteiger partial charge in [-0.25, -0.2) is 19.9 Å². The number of nitrogens with two attached hydrogens (primary N) is 1. The fourth-order valence-corrected chi connectivity index (χ4v) is 3.29. The Kier molecular flexibility index (Phi) is 4.40. The van der Waals surface area contributed by atoms with Crippen molar-refractivity contribution < 1.29 is 4.79 Å². The second-order valence-corrected chi connectivity index (χ2v) is 6.94. The molecular weight excluding hydrogens is 352 g/mol. The molecule has 0 bridgehead atoms. The van der Waals surface area contributed by atoms with Gasteiger partial charge in [-0.3, -0.25) is 4.79 Å². The molecule has 7 nitrogen and oxygen atoms in total. The lowest BCUT2D eigenvalue weighted by Crippen LogP contribution is -2.21. The SMILES string of the molecule is Cc1nc(N)c2nc(-c3cccc(C#C[C@@H]4CCN(C)C4=O)c3)nc(C)c2n1. The molecule has 7 heteroatoms. The molecule has 2 aromatic heterocycles. The third-order valence-corrected chi connectivity index (χ3v) is 4.80. The first-order valence-electron chi connectivity index (χ1n) is 9.08. The van der Waals surface area contributed by atoms with E-state index in [4.69, 9.17) is 5.73 Å². The van der Waals surface area contributed by atoms with E-state index in [9.17, 15) is 4.79 Å². The molecule has 0 radical (unpaired) electrons. The van der Waals surface area contributed by atoms with Crippen LogP contribution in [0.5, 0.6) is 0 Å². The summed E-state index contributed by atoms with van der Waals surface area (Å²) < 4.78 is 0. The van der Waals surface area contributed by atoms with E-state index < -0.39 is 0 Å². The van der Waals surface area contributed by atoms with Crippen LogP contribution >= 0.6 is 0 Å². The van der Waals surface area contributed by atoms with E-state index in [1.165, 1.54) is 0 Å². The highest BCUT2D eigenvalue weighted by Crippen LogP contribution is 2.24. The van der Waals surface area contributed by atoms with Gasteiger partial charge in [-0.2, -0.15) is 0 Å². The predicted molar refractivity (Wildman–Crippen MR) is 107 cm³/mol. The molecule has 28 heavy (non-hydrogen) atoms. The minimum atomic E-state index is -0.229. The summed E-state index contributed by atoms with van der Waals surface area (Å²) in [4.78, 5) is 31.5. The van der Waals surface area contributed by atoms with Crippen LogP contribution in [0.4, 0.5) is 5.82 Å². The van der Waals surface area contributed by atoms with Gasteiger partial charge in [0, 0.05) is 24.7 Å². The molecule has 1 amide bonds. The summed E-state index contributed by atoms with van der Waals surface area (Å²) in [5, 5.41) is 0. The fourth-order valence-electron chi connectivity index (χ4n) is 3.29. The van der Waals surface area contributed by atoms with E-state index in [1.54, 1.807) is 18.9 Å². The average Bonchev–Trinajstić information content (AvgIpc) is 2.99.